The summed E-state index contributed by atoms with van der Waals surface area (Å²) in [5.74, 6) is 0. The van der Waals surface area contributed by atoms with Gasteiger partial charge in [0.25, 0.3) is 0 Å². The molecule has 0 aliphatic rings. The van der Waals surface area contributed by atoms with E-state index in [2.05, 4.69) is 29.6 Å². The maximum Gasteiger partial charge on any atom is 0.0914 e. The summed E-state index contributed by atoms with van der Waals surface area (Å²) < 4.78 is 0. The molecule has 0 saturated heterocycles. The van der Waals surface area contributed by atoms with Gasteiger partial charge < -0.3 is 10.4 Å². The number of nitrogens with one attached hydrogen (secondary N) is 1. The predicted molar refractivity (Wildman–Crippen MR) is 87.0 cm³/mol. The van der Waals surface area contributed by atoms with Crippen LogP contribution in [0.4, 0.5) is 0 Å². The van der Waals surface area contributed by atoms with Gasteiger partial charge in [-0.25, -0.2) is 0 Å². The summed E-state index contributed by atoms with van der Waals surface area (Å²) in [6.07, 6.45) is 3.68. The van der Waals surface area contributed by atoms with E-state index >= 15 is 0 Å². The van der Waals surface area contributed by atoms with Gasteiger partial charge in [0.2, 0.25) is 0 Å². The fraction of sp³-hybridized carbons (Fsp3) is 0.176. The Labute approximate surface area is 126 Å². The van der Waals surface area contributed by atoms with Crippen LogP contribution in [-0.2, 0) is 0 Å². The number of benzene rings is 2. The lowest BCUT2D eigenvalue weighted by Crippen LogP contribution is -2.21. The highest BCUT2D eigenvalue weighted by Crippen LogP contribution is 2.10. The van der Waals surface area contributed by atoms with Gasteiger partial charge >= 0.3 is 0 Å². The van der Waals surface area contributed by atoms with Crippen molar-refractivity contribution in [1.82, 2.24) is 5.32 Å². The van der Waals surface area contributed by atoms with Crippen molar-refractivity contribution in [2.45, 2.75) is 6.10 Å². The zero-order chi connectivity index (χ0) is 13.3. The van der Waals surface area contributed by atoms with Crippen molar-refractivity contribution < 1.29 is 5.11 Å². The average Bonchev–Trinajstić information content (AvgIpc) is 2.49. The summed E-state index contributed by atoms with van der Waals surface area (Å²) in [7, 11) is 0. The third kappa shape index (κ3) is 5.57. The average molecular weight is 290 g/mol. The molecular weight excluding hydrogens is 270 g/mol. The zero-order valence-electron chi connectivity index (χ0n) is 11.3. The highest BCUT2D eigenvalue weighted by Gasteiger charge is 2.04. The Balaban J connectivity index is 0.00000200. The lowest BCUT2D eigenvalue weighted by atomic mass is 10.1. The number of rotatable bonds is 6. The first kappa shape index (κ1) is 16.4. The van der Waals surface area contributed by atoms with E-state index in [0.29, 0.717) is 6.54 Å². The van der Waals surface area contributed by atoms with Crippen molar-refractivity contribution in [2.24, 2.45) is 0 Å². The van der Waals surface area contributed by atoms with Crippen molar-refractivity contribution in [3.63, 3.8) is 0 Å². The molecule has 0 aromatic heterocycles. The van der Waals surface area contributed by atoms with Crippen LogP contribution in [0, 0.1) is 0 Å². The number of aliphatic hydroxyl groups is 1. The van der Waals surface area contributed by atoms with E-state index in [1.807, 2.05) is 48.5 Å². The second-order valence-electron chi connectivity index (χ2n) is 4.40. The van der Waals surface area contributed by atoms with Crippen LogP contribution >= 0.6 is 12.4 Å². The molecule has 20 heavy (non-hydrogen) atoms. The smallest absolute Gasteiger partial charge is 0.0914 e. The van der Waals surface area contributed by atoms with E-state index in [0.717, 1.165) is 12.1 Å². The van der Waals surface area contributed by atoms with Crippen LogP contribution in [0.15, 0.2) is 66.7 Å². The van der Waals surface area contributed by atoms with Gasteiger partial charge in [0, 0.05) is 13.1 Å². The van der Waals surface area contributed by atoms with Crippen molar-refractivity contribution >= 4 is 18.5 Å². The molecule has 0 aliphatic carbocycles. The first-order valence-corrected chi connectivity index (χ1v) is 6.51. The quantitative estimate of drug-likeness (QED) is 0.799. The SMILES string of the molecule is Cl.OC(CNC/C=C/c1ccccc1)c1ccccc1. The second-order valence-corrected chi connectivity index (χ2v) is 4.40. The van der Waals surface area contributed by atoms with Gasteiger partial charge in [-0.05, 0) is 11.1 Å². The predicted octanol–water partition coefficient (Wildman–Crippen LogP) is 3.44. The van der Waals surface area contributed by atoms with Gasteiger partial charge in [0.05, 0.1) is 6.10 Å². The fourth-order valence-corrected chi connectivity index (χ4v) is 1.86. The minimum atomic E-state index is -0.452. The van der Waals surface area contributed by atoms with Crippen molar-refractivity contribution in [3.05, 3.63) is 77.9 Å². The number of halogens is 1. The molecule has 0 bridgehead atoms. The molecule has 0 heterocycles. The van der Waals surface area contributed by atoms with Crippen LogP contribution in [-0.4, -0.2) is 18.2 Å². The maximum absolute atomic E-state index is 9.95. The van der Waals surface area contributed by atoms with Gasteiger partial charge in [-0.2, -0.15) is 0 Å². The van der Waals surface area contributed by atoms with E-state index in [1.54, 1.807) is 0 Å². The molecule has 1 atom stereocenters. The molecular formula is C17H20ClNO. The normalized spacial score (nSPS) is 12.1. The van der Waals surface area contributed by atoms with Crippen LogP contribution in [0.25, 0.3) is 6.08 Å². The molecule has 0 spiro atoms. The molecule has 2 aromatic rings. The lowest BCUT2D eigenvalue weighted by molar-refractivity contribution is 0.176. The molecule has 0 saturated carbocycles. The number of hydrogen-bond acceptors (Lipinski definition) is 2. The highest BCUT2D eigenvalue weighted by atomic mass is 35.5. The van der Waals surface area contributed by atoms with Gasteiger partial charge in [-0.15, -0.1) is 12.4 Å². The van der Waals surface area contributed by atoms with E-state index in [4.69, 9.17) is 0 Å². The van der Waals surface area contributed by atoms with Crippen molar-refractivity contribution in [1.29, 1.82) is 0 Å². The summed E-state index contributed by atoms with van der Waals surface area (Å²) in [6.45, 7) is 1.31. The third-order valence-electron chi connectivity index (χ3n) is 2.89. The molecule has 106 valence electrons. The van der Waals surface area contributed by atoms with Crippen LogP contribution in [0.1, 0.15) is 17.2 Å². The van der Waals surface area contributed by atoms with Crippen LogP contribution in [0.3, 0.4) is 0 Å². The lowest BCUT2D eigenvalue weighted by Gasteiger charge is -2.10. The molecule has 0 radical (unpaired) electrons. The zero-order valence-corrected chi connectivity index (χ0v) is 12.1. The first-order chi connectivity index (χ1) is 9.36. The second kappa shape index (κ2) is 9.32. The molecule has 1 unspecified atom stereocenters. The van der Waals surface area contributed by atoms with Crippen LogP contribution in [0.5, 0.6) is 0 Å². The standard InChI is InChI=1S/C17H19NO.ClH/c19-17(16-11-5-2-6-12-16)14-18-13-7-10-15-8-3-1-4-9-15;/h1-12,17-19H,13-14H2;1H/b10-7+;. The van der Waals surface area contributed by atoms with Gasteiger partial charge in [-0.3, -0.25) is 0 Å². The molecule has 0 fully saturated rings. The molecule has 2 N–H and O–H groups in total. The van der Waals surface area contributed by atoms with Crippen molar-refractivity contribution in [3.8, 4) is 0 Å². The summed E-state index contributed by atoms with van der Waals surface area (Å²) in [5, 5.41) is 13.2. The molecule has 2 nitrogen and oxygen atoms in total. The Morgan fingerprint density at radius 2 is 1.55 bits per heavy atom. The summed E-state index contributed by atoms with van der Waals surface area (Å²) in [5.41, 5.74) is 2.13. The number of aliphatic hydroxyl groups excluding tert-OH is 1. The molecule has 2 rings (SSSR count). The Morgan fingerprint density at radius 1 is 0.950 bits per heavy atom. The topological polar surface area (TPSA) is 32.3 Å². The Hall–Kier alpha value is -1.61. The van der Waals surface area contributed by atoms with E-state index in [1.165, 1.54) is 5.56 Å². The maximum atomic E-state index is 9.95. The van der Waals surface area contributed by atoms with Crippen LogP contribution < -0.4 is 5.32 Å². The summed E-state index contributed by atoms with van der Waals surface area (Å²) in [4.78, 5) is 0. The Kier molecular flexibility index (Phi) is 7.66. The molecule has 0 aliphatic heterocycles. The Bertz CT molecular complexity index is 499. The highest BCUT2D eigenvalue weighted by molar-refractivity contribution is 5.85. The minimum absolute atomic E-state index is 0. The monoisotopic (exact) mass is 289 g/mol. The minimum Gasteiger partial charge on any atom is -0.387 e. The van der Waals surface area contributed by atoms with E-state index in [-0.39, 0.29) is 12.4 Å². The number of hydrogen-bond donors (Lipinski definition) is 2. The fourth-order valence-electron chi connectivity index (χ4n) is 1.86. The molecule has 3 heteroatoms. The molecule has 0 amide bonds. The van der Waals surface area contributed by atoms with Gasteiger partial charge in [-0.1, -0.05) is 72.8 Å². The third-order valence-corrected chi connectivity index (χ3v) is 2.89. The Morgan fingerprint density at radius 3 is 2.20 bits per heavy atom. The van der Waals surface area contributed by atoms with Gasteiger partial charge in [0.15, 0.2) is 0 Å². The van der Waals surface area contributed by atoms with E-state index in [9.17, 15) is 5.11 Å². The van der Waals surface area contributed by atoms with Crippen LogP contribution in [0.2, 0.25) is 0 Å². The largest absolute Gasteiger partial charge is 0.387 e. The molecule has 2 aromatic carbocycles. The summed E-state index contributed by atoms with van der Waals surface area (Å²) in [6, 6.07) is 19.9. The van der Waals surface area contributed by atoms with E-state index < -0.39 is 6.10 Å². The van der Waals surface area contributed by atoms with Gasteiger partial charge in [0.1, 0.15) is 0 Å². The first-order valence-electron chi connectivity index (χ1n) is 6.51. The summed E-state index contributed by atoms with van der Waals surface area (Å²) >= 11 is 0. The van der Waals surface area contributed by atoms with Crippen molar-refractivity contribution in [2.75, 3.05) is 13.1 Å².